The predicted octanol–water partition coefficient (Wildman–Crippen LogP) is -3.45. The van der Waals surface area contributed by atoms with Gasteiger partial charge in [0.05, 0.1) is 6.61 Å². The summed E-state index contributed by atoms with van der Waals surface area (Å²) in [4.78, 5) is 15.1. The molecule has 9 heteroatoms. The number of hydrogen-bond acceptors (Lipinski definition) is 8. The summed E-state index contributed by atoms with van der Waals surface area (Å²) in [6.45, 7) is -0.685. The minimum absolute atomic E-state index is 0.00881. The molecule has 0 aromatic carbocycles. The van der Waals surface area contributed by atoms with Crippen LogP contribution in [0, 0.1) is 0 Å². The second-order valence-electron chi connectivity index (χ2n) is 4.77. The fourth-order valence-corrected chi connectivity index (χ4v) is 2.64. The van der Waals surface area contributed by atoms with E-state index in [1.54, 1.807) is 0 Å². The Morgan fingerprint density at radius 1 is 1.53 bits per heavy atom. The molecule has 104 valence electrons. The van der Waals surface area contributed by atoms with Crippen molar-refractivity contribution >= 4 is 5.82 Å². The lowest BCUT2D eigenvalue weighted by atomic mass is 10.1. The zero-order chi connectivity index (χ0) is 14.0. The first-order chi connectivity index (χ1) is 8.88. The second-order valence-corrected chi connectivity index (χ2v) is 4.77. The van der Waals surface area contributed by atoms with Crippen LogP contribution in [-0.2, 0) is 4.74 Å². The molecule has 2 fully saturated rings. The van der Waals surface area contributed by atoms with Crippen molar-refractivity contribution < 1.29 is 25.2 Å². The molecule has 1 saturated heterocycles. The Balaban J connectivity index is 2.00. The van der Waals surface area contributed by atoms with E-state index in [0.29, 0.717) is 0 Å². The average Bonchev–Trinajstić information content (AvgIpc) is 2.73. The number of anilines is 1. The third-order valence-electron chi connectivity index (χ3n) is 3.87. The highest BCUT2D eigenvalue weighted by molar-refractivity contribution is 5.35. The zero-order valence-electron chi connectivity index (χ0n) is 9.67. The van der Waals surface area contributed by atoms with Crippen LogP contribution in [0.25, 0.3) is 0 Å². The molecular weight excluding hydrogens is 258 g/mol. The maximum Gasteiger partial charge on any atom is 0.351 e. The highest BCUT2D eigenvalue weighted by atomic mass is 16.6. The van der Waals surface area contributed by atoms with E-state index in [9.17, 15) is 25.2 Å². The summed E-state index contributed by atoms with van der Waals surface area (Å²) in [6, 6.07) is 1.33. The van der Waals surface area contributed by atoms with Crippen LogP contribution in [-0.4, -0.2) is 60.0 Å². The third kappa shape index (κ3) is 1.25. The van der Waals surface area contributed by atoms with Gasteiger partial charge in [-0.25, -0.2) is 4.79 Å². The van der Waals surface area contributed by atoms with Gasteiger partial charge in [-0.3, -0.25) is 4.57 Å². The number of fused-ring (bicyclic) bond motifs is 1. The van der Waals surface area contributed by atoms with Crippen LogP contribution in [0.2, 0.25) is 0 Å². The van der Waals surface area contributed by atoms with Crippen LogP contribution >= 0.6 is 0 Å². The lowest BCUT2D eigenvalue weighted by Crippen LogP contribution is -2.40. The van der Waals surface area contributed by atoms with Crippen molar-refractivity contribution in [2.75, 3.05) is 12.3 Å². The number of aromatic nitrogens is 2. The number of aliphatic hydroxyl groups is 4. The van der Waals surface area contributed by atoms with Crippen molar-refractivity contribution in [2.24, 2.45) is 0 Å². The maximum absolute atomic E-state index is 11.6. The summed E-state index contributed by atoms with van der Waals surface area (Å²) in [5.74, 6) is 0.00881. The highest BCUT2D eigenvalue weighted by Crippen LogP contribution is 2.61. The lowest BCUT2D eigenvalue weighted by Gasteiger charge is -2.23. The van der Waals surface area contributed by atoms with Gasteiger partial charge in [0.25, 0.3) is 0 Å². The van der Waals surface area contributed by atoms with Crippen molar-refractivity contribution in [3.05, 3.63) is 22.7 Å². The van der Waals surface area contributed by atoms with Crippen LogP contribution in [0.5, 0.6) is 0 Å². The van der Waals surface area contributed by atoms with Crippen LogP contribution in [0.1, 0.15) is 6.23 Å². The molecule has 0 amide bonds. The van der Waals surface area contributed by atoms with Gasteiger partial charge in [-0.2, -0.15) is 4.98 Å². The summed E-state index contributed by atoms with van der Waals surface area (Å²) in [7, 11) is 0. The maximum atomic E-state index is 11.6. The molecular formula is C10H13N3O6. The van der Waals surface area contributed by atoms with E-state index in [1.165, 1.54) is 12.3 Å². The molecule has 5 atom stereocenters. The van der Waals surface area contributed by atoms with Crippen LogP contribution in [0.4, 0.5) is 5.82 Å². The van der Waals surface area contributed by atoms with E-state index in [2.05, 4.69) is 4.98 Å². The van der Waals surface area contributed by atoms with E-state index in [0.717, 1.165) is 4.57 Å². The fraction of sp³-hybridized carbons (Fsp3) is 0.600. The Morgan fingerprint density at radius 3 is 2.74 bits per heavy atom. The predicted molar refractivity (Wildman–Crippen MR) is 59.8 cm³/mol. The van der Waals surface area contributed by atoms with Crippen LogP contribution < -0.4 is 11.4 Å². The Kier molecular flexibility index (Phi) is 2.32. The first kappa shape index (κ1) is 12.5. The van der Waals surface area contributed by atoms with Crippen molar-refractivity contribution in [3.8, 4) is 0 Å². The first-order valence-corrected chi connectivity index (χ1v) is 5.60. The molecule has 0 spiro atoms. The average molecular weight is 271 g/mol. The molecule has 9 nitrogen and oxygen atoms in total. The van der Waals surface area contributed by atoms with E-state index < -0.39 is 41.9 Å². The van der Waals surface area contributed by atoms with Gasteiger partial charge in [0.15, 0.2) is 17.4 Å². The molecule has 0 bridgehead atoms. The summed E-state index contributed by atoms with van der Waals surface area (Å²) >= 11 is 0. The van der Waals surface area contributed by atoms with E-state index >= 15 is 0 Å². The normalized spacial score (nSPS) is 44.1. The third-order valence-corrected chi connectivity index (χ3v) is 3.87. The largest absolute Gasteiger partial charge is 0.393 e. The molecule has 1 aliphatic carbocycles. The van der Waals surface area contributed by atoms with Crippen molar-refractivity contribution in [1.29, 1.82) is 0 Å². The SMILES string of the molecule is Nc1ccn([C@@H]2O[C@]3(CO)C(O)[C@@]3(O)[C@H]2O)c(=O)n1. The van der Waals surface area contributed by atoms with Crippen LogP contribution in [0.15, 0.2) is 17.1 Å². The summed E-state index contributed by atoms with van der Waals surface area (Å²) in [5.41, 5.74) is 0.911. The van der Waals surface area contributed by atoms with Gasteiger partial charge < -0.3 is 30.9 Å². The molecule has 1 aromatic heterocycles. The number of ether oxygens (including phenoxy) is 1. The van der Waals surface area contributed by atoms with Gasteiger partial charge >= 0.3 is 5.69 Å². The monoisotopic (exact) mass is 271 g/mol. The van der Waals surface area contributed by atoms with Gasteiger partial charge in [0.1, 0.15) is 18.0 Å². The van der Waals surface area contributed by atoms with E-state index in [4.69, 9.17) is 10.5 Å². The van der Waals surface area contributed by atoms with Gasteiger partial charge in [0, 0.05) is 6.20 Å². The topological polar surface area (TPSA) is 151 Å². The molecule has 6 N–H and O–H groups in total. The van der Waals surface area contributed by atoms with Gasteiger partial charge in [-0.15, -0.1) is 0 Å². The highest BCUT2D eigenvalue weighted by Gasteiger charge is 2.87. The number of rotatable bonds is 2. The number of nitrogens with zero attached hydrogens (tertiary/aromatic N) is 2. The van der Waals surface area contributed by atoms with E-state index in [-0.39, 0.29) is 5.82 Å². The minimum Gasteiger partial charge on any atom is -0.393 e. The van der Waals surface area contributed by atoms with Gasteiger partial charge in [0.2, 0.25) is 0 Å². The Hall–Kier alpha value is -1.52. The molecule has 1 aromatic rings. The van der Waals surface area contributed by atoms with Gasteiger partial charge in [-0.1, -0.05) is 0 Å². The first-order valence-electron chi connectivity index (χ1n) is 5.60. The minimum atomic E-state index is -1.99. The molecule has 0 radical (unpaired) electrons. The Morgan fingerprint density at radius 2 is 2.21 bits per heavy atom. The Bertz CT molecular complexity index is 587. The zero-order valence-corrected chi connectivity index (χ0v) is 9.67. The summed E-state index contributed by atoms with van der Waals surface area (Å²) in [5, 5.41) is 38.9. The molecule has 2 heterocycles. The second kappa shape index (κ2) is 3.52. The quantitative estimate of drug-likeness (QED) is 0.372. The van der Waals surface area contributed by atoms with Crippen molar-refractivity contribution in [2.45, 2.75) is 29.6 Å². The van der Waals surface area contributed by atoms with Crippen molar-refractivity contribution in [1.82, 2.24) is 9.55 Å². The van der Waals surface area contributed by atoms with Gasteiger partial charge in [-0.05, 0) is 6.07 Å². The molecule has 1 saturated carbocycles. The number of aliphatic hydroxyl groups excluding tert-OH is 3. The fourth-order valence-electron chi connectivity index (χ4n) is 2.64. The van der Waals surface area contributed by atoms with E-state index in [1.807, 2.05) is 0 Å². The molecule has 1 unspecified atom stereocenters. The smallest absolute Gasteiger partial charge is 0.351 e. The number of nitrogens with two attached hydrogens (primary N) is 1. The standard InChI is InChI=1S/C10H13N3O6/c11-4-1-2-13(8(17)12-4)6-5(15)10(18)7(16)9(10,3-14)19-6/h1-2,5-7,14-16,18H,3H2,(H2,11,12,17)/t5-,6+,7?,9+,10-/m0/s1. The molecule has 19 heavy (non-hydrogen) atoms. The lowest BCUT2D eigenvalue weighted by molar-refractivity contribution is -0.123. The Labute approximate surface area is 106 Å². The summed E-state index contributed by atoms with van der Waals surface area (Å²) < 4.78 is 6.23. The molecule has 1 aliphatic heterocycles. The number of nitrogen functional groups attached to an aromatic ring is 1. The molecule has 2 aliphatic rings. The van der Waals surface area contributed by atoms with Crippen LogP contribution in [0.3, 0.4) is 0 Å². The summed E-state index contributed by atoms with van der Waals surface area (Å²) in [6.07, 6.45) is -2.97. The van der Waals surface area contributed by atoms with Crippen molar-refractivity contribution in [3.63, 3.8) is 0 Å². The number of hydrogen-bond donors (Lipinski definition) is 5. The molecule has 3 rings (SSSR count).